The maximum absolute atomic E-state index is 12.3. The lowest BCUT2D eigenvalue weighted by Gasteiger charge is -2.02. The van der Waals surface area contributed by atoms with Crippen molar-refractivity contribution >= 4 is 0 Å². The van der Waals surface area contributed by atoms with Gasteiger partial charge in [-0.1, -0.05) is 5.16 Å². The number of methoxy groups -OCH3 is 1. The largest absolute Gasteiger partial charge is 0.494 e. The van der Waals surface area contributed by atoms with Gasteiger partial charge in [0.15, 0.2) is 0 Å². The number of nitrogens with zero attached hydrogens (tertiary/aromatic N) is 2. The van der Waals surface area contributed by atoms with Crippen molar-refractivity contribution in [2.45, 2.75) is 6.43 Å². The van der Waals surface area contributed by atoms with Crippen LogP contribution in [0.5, 0.6) is 5.75 Å². The van der Waals surface area contributed by atoms with Gasteiger partial charge < -0.3 is 9.26 Å². The van der Waals surface area contributed by atoms with Crippen LogP contribution in [0.4, 0.5) is 8.78 Å². The summed E-state index contributed by atoms with van der Waals surface area (Å²) in [6, 6.07) is 4.49. The number of hydrogen-bond donors (Lipinski definition) is 0. The second kappa shape index (κ2) is 4.26. The molecule has 0 aliphatic rings. The first-order valence-electron chi connectivity index (χ1n) is 4.46. The van der Waals surface area contributed by atoms with Gasteiger partial charge in [0.1, 0.15) is 17.1 Å². The Labute approximate surface area is 89.8 Å². The van der Waals surface area contributed by atoms with Crippen LogP contribution in [-0.2, 0) is 0 Å². The molecular formula is C10H8F2N2O2. The molecule has 2 aromatic rings. The van der Waals surface area contributed by atoms with E-state index >= 15 is 0 Å². The van der Waals surface area contributed by atoms with Gasteiger partial charge in [-0.05, 0) is 12.1 Å². The molecule has 6 heteroatoms. The Balaban J connectivity index is 2.42. The molecule has 0 bridgehead atoms. The average molecular weight is 226 g/mol. The predicted molar refractivity (Wildman–Crippen MR) is 51.2 cm³/mol. The van der Waals surface area contributed by atoms with Gasteiger partial charge in [0, 0.05) is 12.3 Å². The summed E-state index contributed by atoms with van der Waals surface area (Å²) < 4.78 is 34.1. The van der Waals surface area contributed by atoms with E-state index in [-0.39, 0.29) is 5.69 Å². The number of aromatic nitrogens is 2. The molecule has 4 nitrogen and oxygen atoms in total. The van der Waals surface area contributed by atoms with Gasteiger partial charge in [-0.25, -0.2) is 8.78 Å². The lowest BCUT2D eigenvalue weighted by atomic mass is 10.2. The number of ether oxygens (including phenoxy) is 1. The molecule has 2 rings (SSSR count). The van der Waals surface area contributed by atoms with Gasteiger partial charge in [0.25, 0.3) is 6.43 Å². The van der Waals surface area contributed by atoms with E-state index in [1.165, 1.54) is 13.3 Å². The van der Waals surface area contributed by atoms with Crippen LogP contribution in [0.1, 0.15) is 12.2 Å². The number of pyridine rings is 1. The number of alkyl halides is 2. The van der Waals surface area contributed by atoms with Crippen LogP contribution in [-0.4, -0.2) is 17.3 Å². The molecule has 0 spiro atoms. The summed E-state index contributed by atoms with van der Waals surface area (Å²) in [5.41, 5.74) is 0.605. The molecule has 0 radical (unpaired) electrons. The maximum Gasteiger partial charge on any atom is 0.298 e. The van der Waals surface area contributed by atoms with Gasteiger partial charge in [0.05, 0.1) is 7.11 Å². The zero-order chi connectivity index (χ0) is 11.5. The van der Waals surface area contributed by atoms with E-state index in [2.05, 4.69) is 14.7 Å². The standard InChI is InChI=1S/C10H8F2N2O2/c1-15-7-3-2-4-13-9(7)6-5-8(10(11)12)16-14-6/h2-5,10H,1H3. The van der Waals surface area contributed by atoms with E-state index in [0.29, 0.717) is 11.4 Å². The van der Waals surface area contributed by atoms with Gasteiger partial charge >= 0.3 is 0 Å². The van der Waals surface area contributed by atoms with Crippen LogP contribution in [0, 0.1) is 0 Å². The smallest absolute Gasteiger partial charge is 0.298 e. The van der Waals surface area contributed by atoms with E-state index < -0.39 is 12.2 Å². The summed E-state index contributed by atoms with van der Waals surface area (Å²) in [7, 11) is 1.47. The summed E-state index contributed by atoms with van der Waals surface area (Å²) in [4.78, 5) is 4.00. The van der Waals surface area contributed by atoms with Gasteiger partial charge in [0.2, 0.25) is 5.76 Å². The van der Waals surface area contributed by atoms with Crippen molar-refractivity contribution in [1.29, 1.82) is 0 Å². The van der Waals surface area contributed by atoms with Crippen molar-refractivity contribution in [2.24, 2.45) is 0 Å². The monoisotopic (exact) mass is 226 g/mol. The highest BCUT2D eigenvalue weighted by Crippen LogP contribution is 2.29. The Kier molecular flexibility index (Phi) is 2.80. The first-order chi connectivity index (χ1) is 7.72. The van der Waals surface area contributed by atoms with Gasteiger partial charge in [-0.2, -0.15) is 0 Å². The summed E-state index contributed by atoms with van der Waals surface area (Å²) in [6.07, 6.45) is -1.16. The molecule has 84 valence electrons. The first kappa shape index (κ1) is 10.5. The molecule has 0 saturated carbocycles. The summed E-state index contributed by atoms with van der Waals surface area (Å²) >= 11 is 0. The molecule has 0 aliphatic heterocycles. The van der Waals surface area contributed by atoms with E-state index in [4.69, 9.17) is 4.74 Å². The highest BCUT2D eigenvalue weighted by molar-refractivity contribution is 5.61. The zero-order valence-corrected chi connectivity index (χ0v) is 8.35. The molecule has 16 heavy (non-hydrogen) atoms. The van der Waals surface area contributed by atoms with Crippen LogP contribution in [0.3, 0.4) is 0 Å². The topological polar surface area (TPSA) is 48.2 Å². The first-order valence-corrected chi connectivity index (χ1v) is 4.46. The molecule has 0 aromatic carbocycles. The zero-order valence-electron chi connectivity index (χ0n) is 8.35. The van der Waals surface area contributed by atoms with Crippen molar-refractivity contribution in [2.75, 3.05) is 7.11 Å². The van der Waals surface area contributed by atoms with Crippen molar-refractivity contribution in [3.8, 4) is 17.1 Å². The lowest BCUT2D eigenvalue weighted by molar-refractivity contribution is 0.112. The van der Waals surface area contributed by atoms with Crippen molar-refractivity contribution in [1.82, 2.24) is 10.1 Å². The molecule has 2 aromatic heterocycles. The SMILES string of the molecule is COc1cccnc1-c1cc(C(F)F)on1. The Morgan fingerprint density at radius 2 is 2.25 bits per heavy atom. The highest BCUT2D eigenvalue weighted by atomic mass is 19.3. The normalized spacial score (nSPS) is 10.8. The fraction of sp³-hybridized carbons (Fsp3) is 0.200. The second-order valence-electron chi connectivity index (χ2n) is 2.97. The van der Waals surface area contributed by atoms with E-state index in [0.717, 1.165) is 6.07 Å². The minimum atomic E-state index is -2.68. The van der Waals surface area contributed by atoms with Crippen molar-refractivity contribution in [3.05, 3.63) is 30.2 Å². The summed E-state index contributed by atoms with van der Waals surface area (Å²) in [6.45, 7) is 0. The van der Waals surface area contributed by atoms with Crippen LogP contribution in [0.25, 0.3) is 11.4 Å². The number of rotatable bonds is 3. The molecule has 2 heterocycles. The molecule has 0 amide bonds. The van der Waals surface area contributed by atoms with E-state index in [9.17, 15) is 8.78 Å². The molecule has 0 fully saturated rings. The summed E-state index contributed by atoms with van der Waals surface area (Å²) in [5.74, 6) is -0.0284. The van der Waals surface area contributed by atoms with Crippen LogP contribution in [0.2, 0.25) is 0 Å². The molecule has 0 aliphatic carbocycles. The number of hydrogen-bond acceptors (Lipinski definition) is 4. The Morgan fingerprint density at radius 3 is 2.88 bits per heavy atom. The van der Waals surface area contributed by atoms with Crippen molar-refractivity contribution < 1.29 is 18.0 Å². The molecular weight excluding hydrogens is 218 g/mol. The van der Waals surface area contributed by atoms with Crippen LogP contribution in [0.15, 0.2) is 28.9 Å². The third-order valence-corrected chi connectivity index (χ3v) is 1.98. The minimum Gasteiger partial charge on any atom is -0.494 e. The van der Waals surface area contributed by atoms with E-state index in [1.807, 2.05) is 0 Å². The summed E-state index contributed by atoms with van der Waals surface area (Å²) in [5, 5.41) is 3.52. The molecule has 0 N–H and O–H groups in total. The molecule has 0 atom stereocenters. The highest BCUT2D eigenvalue weighted by Gasteiger charge is 2.17. The Morgan fingerprint density at radius 1 is 1.44 bits per heavy atom. The minimum absolute atomic E-state index is 0.229. The Hall–Kier alpha value is -1.98. The third-order valence-electron chi connectivity index (χ3n) is 1.98. The fourth-order valence-corrected chi connectivity index (χ4v) is 1.25. The maximum atomic E-state index is 12.3. The van der Waals surface area contributed by atoms with Gasteiger partial charge in [-0.15, -0.1) is 0 Å². The van der Waals surface area contributed by atoms with Crippen LogP contribution < -0.4 is 4.74 Å². The van der Waals surface area contributed by atoms with Crippen LogP contribution >= 0.6 is 0 Å². The fourth-order valence-electron chi connectivity index (χ4n) is 1.25. The van der Waals surface area contributed by atoms with Crippen molar-refractivity contribution in [3.63, 3.8) is 0 Å². The lowest BCUT2D eigenvalue weighted by Crippen LogP contribution is -1.90. The quantitative estimate of drug-likeness (QED) is 0.807. The second-order valence-corrected chi connectivity index (χ2v) is 2.97. The number of halogens is 2. The molecule has 0 unspecified atom stereocenters. The predicted octanol–water partition coefficient (Wildman–Crippen LogP) is 2.68. The van der Waals surface area contributed by atoms with E-state index in [1.54, 1.807) is 12.1 Å². The molecule has 0 saturated heterocycles. The van der Waals surface area contributed by atoms with Gasteiger partial charge in [-0.3, -0.25) is 4.98 Å². The Bertz CT molecular complexity index is 485. The average Bonchev–Trinajstić information content (AvgIpc) is 2.78. The third kappa shape index (κ3) is 1.86.